The van der Waals surface area contributed by atoms with Crippen LogP contribution in [-0.4, -0.2) is 42.9 Å². The molecule has 2 aromatic heterocycles. The highest BCUT2D eigenvalue weighted by Gasteiger charge is 2.61. The van der Waals surface area contributed by atoms with E-state index in [2.05, 4.69) is 60.5 Å². The van der Waals surface area contributed by atoms with Crippen LogP contribution in [0.5, 0.6) is 0 Å². The van der Waals surface area contributed by atoms with E-state index >= 15 is 0 Å². The molecule has 1 aliphatic heterocycles. The molecular formula is C33H41BrN4O3. The molecule has 1 amide bonds. The van der Waals surface area contributed by atoms with E-state index in [1.807, 2.05) is 57.2 Å². The molecule has 1 aromatic carbocycles. The van der Waals surface area contributed by atoms with Crippen molar-refractivity contribution in [1.29, 1.82) is 0 Å². The van der Waals surface area contributed by atoms with Crippen LogP contribution in [0.25, 0.3) is 0 Å². The molecule has 1 saturated heterocycles. The minimum atomic E-state index is -1.25. The summed E-state index contributed by atoms with van der Waals surface area (Å²) in [5, 5.41) is 0. The Morgan fingerprint density at radius 1 is 1.02 bits per heavy atom. The van der Waals surface area contributed by atoms with Crippen molar-refractivity contribution in [3.63, 3.8) is 0 Å². The average molecular weight is 622 g/mol. The standard InChI is InChI=1S/C33H41BrN4O3/c1-21(2)18-33(30(40)41-32(6,7)8)19-23(27-20-35-15-16-37-27)28(26-11-9-10-14-36-26)38(33)29(39)22-12-13-24(25(34)17-22)31(3,4)5/h9-17,20-21,23,28H,18-19H2,1-8H3/t23-,28-,33+/m1/s1. The molecule has 0 unspecified atom stereocenters. The first-order valence-corrected chi connectivity index (χ1v) is 15.0. The van der Waals surface area contributed by atoms with E-state index in [9.17, 15) is 9.59 Å². The number of hydrogen-bond donors (Lipinski definition) is 0. The smallest absolute Gasteiger partial charge is 0.332 e. The number of nitrogens with zero attached hydrogens (tertiary/aromatic N) is 4. The average Bonchev–Trinajstić information content (AvgIpc) is 3.23. The van der Waals surface area contributed by atoms with Crippen LogP contribution in [0.4, 0.5) is 0 Å². The molecule has 0 aliphatic carbocycles. The van der Waals surface area contributed by atoms with E-state index < -0.39 is 23.2 Å². The lowest BCUT2D eigenvalue weighted by Gasteiger charge is -2.41. The number of carbonyl (C=O) groups is 2. The van der Waals surface area contributed by atoms with Crippen molar-refractivity contribution in [2.45, 2.75) is 96.7 Å². The lowest BCUT2D eigenvalue weighted by Crippen LogP contribution is -2.56. The lowest BCUT2D eigenvalue weighted by atomic mass is 9.82. The van der Waals surface area contributed by atoms with E-state index in [4.69, 9.17) is 9.72 Å². The van der Waals surface area contributed by atoms with Crippen LogP contribution in [0.2, 0.25) is 0 Å². The van der Waals surface area contributed by atoms with Gasteiger partial charge in [0, 0.05) is 40.7 Å². The fourth-order valence-corrected chi connectivity index (χ4v) is 6.86. The first-order valence-electron chi connectivity index (χ1n) is 14.2. The number of esters is 1. The molecule has 218 valence electrons. The van der Waals surface area contributed by atoms with Gasteiger partial charge in [0.25, 0.3) is 5.91 Å². The zero-order chi connectivity index (χ0) is 30.2. The number of aromatic nitrogens is 3. The molecule has 0 spiro atoms. The summed E-state index contributed by atoms with van der Waals surface area (Å²) in [6.07, 6.45) is 7.48. The Morgan fingerprint density at radius 3 is 2.27 bits per heavy atom. The van der Waals surface area contributed by atoms with Gasteiger partial charge < -0.3 is 9.64 Å². The Bertz CT molecular complexity index is 1380. The van der Waals surface area contributed by atoms with Crippen LogP contribution in [0.1, 0.15) is 108 Å². The summed E-state index contributed by atoms with van der Waals surface area (Å²) in [7, 11) is 0. The molecule has 4 rings (SSSR count). The van der Waals surface area contributed by atoms with Crippen molar-refractivity contribution in [3.8, 4) is 0 Å². The van der Waals surface area contributed by atoms with E-state index in [1.54, 1.807) is 29.7 Å². The number of hydrogen-bond acceptors (Lipinski definition) is 6. The van der Waals surface area contributed by atoms with E-state index in [0.29, 0.717) is 29.8 Å². The van der Waals surface area contributed by atoms with Gasteiger partial charge in [-0.15, -0.1) is 0 Å². The molecule has 41 heavy (non-hydrogen) atoms. The van der Waals surface area contributed by atoms with Gasteiger partial charge in [0.05, 0.1) is 17.4 Å². The molecule has 7 nitrogen and oxygen atoms in total. The van der Waals surface area contributed by atoms with E-state index in [1.165, 1.54) is 0 Å². The zero-order valence-corrected chi connectivity index (χ0v) is 26.9. The maximum absolute atomic E-state index is 14.8. The first-order chi connectivity index (χ1) is 19.1. The van der Waals surface area contributed by atoms with Gasteiger partial charge in [-0.25, -0.2) is 4.79 Å². The van der Waals surface area contributed by atoms with Crippen LogP contribution in [-0.2, 0) is 14.9 Å². The third-order valence-electron chi connectivity index (χ3n) is 7.40. The van der Waals surface area contributed by atoms with Crippen molar-refractivity contribution in [3.05, 3.63) is 88.2 Å². The summed E-state index contributed by atoms with van der Waals surface area (Å²) in [5.41, 5.74) is 0.878. The predicted octanol–water partition coefficient (Wildman–Crippen LogP) is 7.43. The largest absolute Gasteiger partial charge is 0.458 e. The minimum absolute atomic E-state index is 0.0952. The minimum Gasteiger partial charge on any atom is -0.458 e. The summed E-state index contributed by atoms with van der Waals surface area (Å²) in [6.45, 7) is 16.1. The summed E-state index contributed by atoms with van der Waals surface area (Å²) < 4.78 is 6.95. The number of ether oxygens (including phenoxy) is 1. The molecule has 0 N–H and O–H groups in total. The van der Waals surface area contributed by atoms with Crippen LogP contribution >= 0.6 is 15.9 Å². The molecule has 0 bridgehead atoms. The Hall–Kier alpha value is -3.13. The Balaban J connectivity index is 1.98. The van der Waals surface area contributed by atoms with Gasteiger partial charge in [-0.3, -0.25) is 19.7 Å². The van der Waals surface area contributed by atoms with Crippen molar-refractivity contribution in [2.75, 3.05) is 0 Å². The van der Waals surface area contributed by atoms with Crippen molar-refractivity contribution in [1.82, 2.24) is 19.9 Å². The molecule has 1 fully saturated rings. The highest BCUT2D eigenvalue weighted by atomic mass is 79.9. The molecule has 8 heteroatoms. The number of carbonyl (C=O) groups excluding carboxylic acids is 2. The Labute approximate surface area is 252 Å². The molecule has 3 heterocycles. The first kappa shape index (κ1) is 30.8. The van der Waals surface area contributed by atoms with Gasteiger partial charge in [0.1, 0.15) is 11.1 Å². The summed E-state index contributed by atoms with van der Waals surface area (Å²) in [4.78, 5) is 44.6. The van der Waals surface area contributed by atoms with Crippen molar-refractivity contribution < 1.29 is 14.3 Å². The molecule has 1 aliphatic rings. The maximum atomic E-state index is 14.8. The molecule has 0 saturated carbocycles. The second kappa shape index (κ2) is 11.6. The zero-order valence-electron chi connectivity index (χ0n) is 25.3. The highest BCUT2D eigenvalue weighted by Crippen LogP contribution is 2.54. The number of pyridine rings is 1. The molecule has 3 aromatic rings. The topological polar surface area (TPSA) is 85.3 Å². The van der Waals surface area contributed by atoms with E-state index in [-0.39, 0.29) is 23.2 Å². The van der Waals surface area contributed by atoms with Gasteiger partial charge in [-0.1, -0.05) is 62.7 Å². The SMILES string of the molecule is CC(C)C[C@@]1(C(=O)OC(C)(C)C)C[C@H](c2cnccn2)[C@H](c2ccccn2)N1C(=O)c1ccc(C(C)(C)C)c(Br)c1. The van der Waals surface area contributed by atoms with Gasteiger partial charge in [-0.2, -0.15) is 0 Å². The van der Waals surface area contributed by atoms with Gasteiger partial charge in [-0.05, 0) is 74.8 Å². The predicted molar refractivity (Wildman–Crippen MR) is 163 cm³/mol. The van der Waals surface area contributed by atoms with Crippen molar-refractivity contribution >= 4 is 27.8 Å². The number of rotatable bonds is 6. The van der Waals surface area contributed by atoms with E-state index in [0.717, 1.165) is 10.0 Å². The number of likely N-dealkylation sites (tertiary alicyclic amines) is 1. The van der Waals surface area contributed by atoms with Crippen LogP contribution in [0, 0.1) is 5.92 Å². The number of amides is 1. The third kappa shape index (κ3) is 6.53. The summed E-state index contributed by atoms with van der Waals surface area (Å²) in [5.74, 6) is -0.895. The molecule has 0 radical (unpaired) electrons. The maximum Gasteiger partial charge on any atom is 0.332 e. The second-order valence-corrected chi connectivity index (χ2v) is 14.2. The van der Waals surface area contributed by atoms with Crippen LogP contribution in [0.3, 0.4) is 0 Å². The van der Waals surface area contributed by atoms with Crippen LogP contribution in [0.15, 0.2) is 65.7 Å². The monoisotopic (exact) mass is 620 g/mol. The quantitative estimate of drug-likeness (QED) is 0.266. The molecule has 3 atom stereocenters. The Kier molecular flexibility index (Phi) is 8.74. The van der Waals surface area contributed by atoms with Crippen LogP contribution < -0.4 is 0 Å². The normalized spacial score (nSPS) is 21.3. The van der Waals surface area contributed by atoms with Gasteiger partial charge in [0.2, 0.25) is 0 Å². The van der Waals surface area contributed by atoms with Crippen molar-refractivity contribution in [2.24, 2.45) is 5.92 Å². The fourth-order valence-electron chi connectivity index (χ4n) is 5.89. The number of benzene rings is 1. The molecular weight excluding hydrogens is 580 g/mol. The fraction of sp³-hybridized carbons (Fsp3) is 0.485. The number of halogens is 1. The highest BCUT2D eigenvalue weighted by molar-refractivity contribution is 9.10. The second-order valence-electron chi connectivity index (χ2n) is 13.4. The lowest BCUT2D eigenvalue weighted by molar-refractivity contribution is -0.168. The Morgan fingerprint density at radius 2 is 1.73 bits per heavy atom. The summed E-state index contributed by atoms with van der Waals surface area (Å²) >= 11 is 3.71. The van der Waals surface area contributed by atoms with Gasteiger partial charge >= 0.3 is 5.97 Å². The summed E-state index contributed by atoms with van der Waals surface area (Å²) in [6, 6.07) is 10.8. The van der Waals surface area contributed by atoms with Gasteiger partial charge in [0.15, 0.2) is 0 Å². The third-order valence-corrected chi connectivity index (χ3v) is 8.06.